The molecule has 1 fully saturated rings. The second-order valence-corrected chi connectivity index (χ2v) is 8.45. The van der Waals surface area contributed by atoms with Crippen molar-refractivity contribution in [2.24, 2.45) is 0 Å². The topological polar surface area (TPSA) is 67.9 Å². The van der Waals surface area contributed by atoms with Gasteiger partial charge in [0.1, 0.15) is 18.1 Å². The number of hydrogen-bond acceptors (Lipinski definition) is 5. The third-order valence-corrected chi connectivity index (χ3v) is 6.08. The van der Waals surface area contributed by atoms with Gasteiger partial charge in [0.05, 0.1) is 0 Å². The maximum atomic E-state index is 12.5. The Kier molecular flexibility index (Phi) is 7.40. The van der Waals surface area contributed by atoms with E-state index < -0.39 is 0 Å². The van der Waals surface area contributed by atoms with Crippen molar-refractivity contribution in [3.8, 4) is 11.5 Å². The second kappa shape index (κ2) is 10.8. The normalized spacial score (nSPS) is 14.1. The average Bonchev–Trinajstić information content (AvgIpc) is 3.38. The van der Waals surface area contributed by atoms with Crippen LogP contribution in [-0.2, 0) is 11.4 Å². The Morgan fingerprint density at radius 2 is 1.62 bits per heavy atom. The van der Waals surface area contributed by atoms with Gasteiger partial charge in [0.15, 0.2) is 6.61 Å². The van der Waals surface area contributed by atoms with Crippen LogP contribution in [0.1, 0.15) is 28.8 Å². The molecule has 166 valence electrons. The van der Waals surface area contributed by atoms with Crippen LogP contribution < -0.4 is 14.8 Å². The van der Waals surface area contributed by atoms with Crippen LogP contribution in [0.5, 0.6) is 11.5 Å². The molecule has 2 amide bonds. The lowest BCUT2D eigenvalue weighted by atomic mass is 10.0. The Balaban J connectivity index is 1.17. The van der Waals surface area contributed by atoms with E-state index >= 15 is 0 Å². The fourth-order valence-electron chi connectivity index (χ4n) is 3.54. The van der Waals surface area contributed by atoms with Crippen LogP contribution in [0.25, 0.3) is 0 Å². The molecular weight excluding hydrogens is 424 g/mol. The summed E-state index contributed by atoms with van der Waals surface area (Å²) in [7, 11) is 0. The second-order valence-electron chi connectivity index (χ2n) is 7.67. The van der Waals surface area contributed by atoms with Crippen LogP contribution in [0.2, 0.25) is 0 Å². The first-order valence-electron chi connectivity index (χ1n) is 10.7. The first-order chi connectivity index (χ1) is 15.7. The number of nitrogens with one attached hydrogen (secondary N) is 1. The standard InChI is InChI=1S/C25H26N2O4S/c28-24(27-13-10-21(11-14-27)26-25(29)20-12-15-32-18-20)17-31-23-8-6-22(7-9-23)30-16-19-4-2-1-3-5-19/h1-9,12,15,18,21H,10-11,13-14,16-17H2,(H,26,29). The van der Waals surface area contributed by atoms with E-state index in [4.69, 9.17) is 9.47 Å². The molecule has 6 nitrogen and oxygen atoms in total. The van der Waals surface area contributed by atoms with Crippen molar-refractivity contribution < 1.29 is 19.1 Å². The monoisotopic (exact) mass is 450 g/mol. The Labute approximate surface area is 191 Å². The zero-order chi connectivity index (χ0) is 22.2. The summed E-state index contributed by atoms with van der Waals surface area (Å²) in [6, 6.07) is 19.2. The molecule has 2 heterocycles. The Morgan fingerprint density at radius 3 is 2.28 bits per heavy atom. The van der Waals surface area contributed by atoms with Crippen LogP contribution in [-0.4, -0.2) is 42.5 Å². The van der Waals surface area contributed by atoms with Crippen molar-refractivity contribution in [2.45, 2.75) is 25.5 Å². The number of benzene rings is 2. The number of hydrogen-bond donors (Lipinski definition) is 1. The molecule has 0 atom stereocenters. The predicted molar refractivity (Wildman–Crippen MR) is 124 cm³/mol. The van der Waals surface area contributed by atoms with Crippen LogP contribution >= 0.6 is 11.3 Å². The van der Waals surface area contributed by atoms with Gasteiger partial charge in [0.2, 0.25) is 0 Å². The SMILES string of the molecule is O=C(NC1CCN(C(=O)COc2ccc(OCc3ccccc3)cc2)CC1)c1ccsc1. The number of thiophene rings is 1. The highest BCUT2D eigenvalue weighted by molar-refractivity contribution is 7.08. The molecule has 1 saturated heterocycles. The van der Waals surface area contributed by atoms with Gasteiger partial charge in [-0.15, -0.1) is 0 Å². The van der Waals surface area contributed by atoms with Crippen molar-refractivity contribution in [1.29, 1.82) is 0 Å². The van der Waals surface area contributed by atoms with Gasteiger partial charge in [-0.05, 0) is 54.1 Å². The van der Waals surface area contributed by atoms with Crippen LogP contribution in [0, 0.1) is 0 Å². The molecule has 4 rings (SSSR count). The molecule has 32 heavy (non-hydrogen) atoms. The summed E-state index contributed by atoms with van der Waals surface area (Å²) < 4.78 is 11.4. The first kappa shape index (κ1) is 21.9. The quantitative estimate of drug-likeness (QED) is 0.560. The predicted octanol–water partition coefficient (Wildman–Crippen LogP) is 4.13. The van der Waals surface area contributed by atoms with Crippen molar-refractivity contribution in [3.63, 3.8) is 0 Å². The number of ether oxygens (including phenoxy) is 2. The molecule has 0 aliphatic carbocycles. The van der Waals surface area contributed by atoms with Crippen molar-refractivity contribution in [3.05, 3.63) is 82.6 Å². The zero-order valence-corrected chi connectivity index (χ0v) is 18.6. The summed E-state index contributed by atoms with van der Waals surface area (Å²) in [5.74, 6) is 1.29. The minimum Gasteiger partial charge on any atom is -0.489 e. The Morgan fingerprint density at radius 1 is 0.938 bits per heavy atom. The molecule has 0 bridgehead atoms. The highest BCUT2D eigenvalue weighted by Crippen LogP contribution is 2.19. The van der Waals surface area contributed by atoms with E-state index in [1.54, 1.807) is 17.0 Å². The lowest BCUT2D eigenvalue weighted by Gasteiger charge is -2.32. The van der Waals surface area contributed by atoms with Gasteiger partial charge in [0.25, 0.3) is 11.8 Å². The summed E-state index contributed by atoms with van der Waals surface area (Å²) in [5.41, 5.74) is 1.80. The van der Waals surface area contributed by atoms with E-state index in [9.17, 15) is 9.59 Å². The molecule has 0 radical (unpaired) electrons. The highest BCUT2D eigenvalue weighted by Gasteiger charge is 2.24. The summed E-state index contributed by atoms with van der Waals surface area (Å²) in [4.78, 5) is 26.5. The molecule has 3 aromatic rings. The number of rotatable bonds is 8. The smallest absolute Gasteiger partial charge is 0.260 e. The number of carbonyl (C=O) groups excluding carboxylic acids is 2. The van der Waals surface area contributed by atoms with E-state index in [0.717, 1.165) is 24.2 Å². The first-order valence-corrected chi connectivity index (χ1v) is 11.6. The molecular formula is C25H26N2O4S. The van der Waals surface area contributed by atoms with Gasteiger partial charge >= 0.3 is 0 Å². The van der Waals surface area contributed by atoms with E-state index in [1.165, 1.54) is 11.3 Å². The molecule has 2 aromatic carbocycles. The Hall–Kier alpha value is -3.32. The third kappa shape index (κ3) is 6.11. The van der Waals surface area contributed by atoms with E-state index in [2.05, 4.69) is 5.32 Å². The molecule has 0 spiro atoms. The van der Waals surface area contributed by atoms with E-state index in [-0.39, 0.29) is 24.5 Å². The summed E-state index contributed by atoms with van der Waals surface area (Å²) in [5, 5.41) is 6.78. The van der Waals surface area contributed by atoms with Crippen molar-refractivity contribution in [2.75, 3.05) is 19.7 Å². The molecule has 1 N–H and O–H groups in total. The van der Waals surface area contributed by atoms with Gasteiger partial charge in [-0.2, -0.15) is 11.3 Å². The van der Waals surface area contributed by atoms with Crippen LogP contribution in [0.3, 0.4) is 0 Å². The minimum atomic E-state index is -0.0458. The number of likely N-dealkylation sites (tertiary alicyclic amines) is 1. The molecule has 0 saturated carbocycles. The van der Waals surface area contributed by atoms with Crippen LogP contribution in [0.4, 0.5) is 0 Å². The van der Waals surface area contributed by atoms with Gasteiger partial charge in [-0.3, -0.25) is 9.59 Å². The maximum Gasteiger partial charge on any atom is 0.260 e. The maximum absolute atomic E-state index is 12.5. The fourth-order valence-corrected chi connectivity index (χ4v) is 4.18. The third-order valence-electron chi connectivity index (χ3n) is 5.40. The van der Waals surface area contributed by atoms with Gasteiger partial charge in [0, 0.05) is 30.1 Å². The van der Waals surface area contributed by atoms with Gasteiger partial charge in [-0.25, -0.2) is 0 Å². The number of piperidine rings is 1. The van der Waals surface area contributed by atoms with Gasteiger partial charge in [-0.1, -0.05) is 30.3 Å². The fraction of sp³-hybridized carbons (Fsp3) is 0.280. The number of nitrogens with zero attached hydrogens (tertiary/aromatic N) is 1. The average molecular weight is 451 g/mol. The largest absolute Gasteiger partial charge is 0.489 e. The van der Waals surface area contributed by atoms with Crippen molar-refractivity contribution in [1.82, 2.24) is 10.2 Å². The zero-order valence-electron chi connectivity index (χ0n) is 17.7. The van der Waals surface area contributed by atoms with Crippen molar-refractivity contribution >= 4 is 23.2 Å². The summed E-state index contributed by atoms with van der Waals surface area (Å²) in [6.07, 6.45) is 1.49. The molecule has 1 aliphatic heterocycles. The number of amides is 2. The van der Waals surface area contributed by atoms with E-state index in [0.29, 0.717) is 31.0 Å². The molecule has 0 unspecified atom stereocenters. The lowest BCUT2D eigenvalue weighted by Crippen LogP contribution is -2.47. The molecule has 1 aromatic heterocycles. The lowest BCUT2D eigenvalue weighted by molar-refractivity contribution is -0.134. The van der Waals surface area contributed by atoms with Crippen LogP contribution in [0.15, 0.2) is 71.4 Å². The molecule has 1 aliphatic rings. The highest BCUT2D eigenvalue weighted by atomic mass is 32.1. The minimum absolute atomic E-state index is 0.00382. The Bertz CT molecular complexity index is 998. The molecule has 7 heteroatoms. The van der Waals surface area contributed by atoms with E-state index in [1.807, 2.05) is 59.3 Å². The summed E-state index contributed by atoms with van der Waals surface area (Å²) in [6.45, 7) is 1.73. The van der Waals surface area contributed by atoms with Gasteiger partial charge < -0.3 is 19.7 Å². The number of carbonyl (C=O) groups is 2. The summed E-state index contributed by atoms with van der Waals surface area (Å²) >= 11 is 1.51.